The molecule has 0 unspecified atom stereocenters. The summed E-state index contributed by atoms with van der Waals surface area (Å²) in [5, 5.41) is 3.57. The number of aromatic nitrogens is 1. The van der Waals surface area contributed by atoms with Crippen LogP contribution in [-0.4, -0.2) is 16.4 Å². The summed E-state index contributed by atoms with van der Waals surface area (Å²) in [5.74, 6) is 4.73. The van der Waals surface area contributed by atoms with Gasteiger partial charge < -0.3 is 10.2 Å². The molecule has 0 radical (unpaired) electrons. The number of pyridine rings is 1. The number of ketones is 1. The Kier molecular flexibility index (Phi) is 3.47. The van der Waals surface area contributed by atoms with E-state index in [9.17, 15) is 9.18 Å². The van der Waals surface area contributed by atoms with Gasteiger partial charge in [0.2, 0.25) is 5.78 Å². The van der Waals surface area contributed by atoms with Crippen LogP contribution in [0.1, 0.15) is 27.2 Å². The van der Waals surface area contributed by atoms with Gasteiger partial charge in [-0.15, -0.1) is 0 Å². The van der Waals surface area contributed by atoms with E-state index in [-0.39, 0.29) is 11.6 Å². The zero-order chi connectivity index (χ0) is 15.7. The van der Waals surface area contributed by atoms with Crippen molar-refractivity contribution in [1.82, 2.24) is 4.40 Å². The van der Waals surface area contributed by atoms with Gasteiger partial charge in [0.05, 0.1) is 17.4 Å². The maximum atomic E-state index is 13.0. The predicted molar refractivity (Wildman–Crippen MR) is 83.7 cm³/mol. The van der Waals surface area contributed by atoms with Crippen LogP contribution in [0.15, 0.2) is 53.8 Å². The molecule has 3 rings (SSSR count). The maximum absolute atomic E-state index is 13.0. The highest BCUT2D eigenvalue weighted by molar-refractivity contribution is 6.11. The SMILES string of the molecule is Cc1c(/C=N\N)c2ccccn2c1C(=O)c1ccc(F)cc1. The Bertz CT molecular complexity index is 879. The lowest BCUT2D eigenvalue weighted by atomic mass is 10.0. The number of carbonyl (C=O) groups excluding carboxylic acids is 1. The number of nitrogens with zero attached hydrogens (tertiary/aromatic N) is 2. The maximum Gasteiger partial charge on any atom is 0.210 e. The van der Waals surface area contributed by atoms with Gasteiger partial charge in [0.25, 0.3) is 0 Å². The fraction of sp³-hybridized carbons (Fsp3) is 0.0588. The molecule has 0 saturated carbocycles. The summed E-state index contributed by atoms with van der Waals surface area (Å²) in [4.78, 5) is 12.8. The topological polar surface area (TPSA) is 59.9 Å². The van der Waals surface area contributed by atoms with Gasteiger partial charge in [0, 0.05) is 17.3 Å². The fourth-order valence-corrected chi connectivity index (χ4v) is 2.61. The molecule has 110 valence electrons. The second kappa shape index (κ2) is 5.44. The Hall–Kier alpha value is -2.95. The van der Waals surface area contributed by atoms with E-state index in [1.54, 1.807) is 4.40 Å². The van der Waals surface area contributed by atoms with Gasteiger partial charge in [-0.2, -0.15) is 5.10 Å². The first-order chi connectivity index (χ1) is 10.6. The Morgan fingerprint density at radius 1 is 1.23 bits per heavy atom. The lowest BCUT2D eigenvalue weighted by molar-refractivity contribution is 0.103. The van der Waals surface area contributed by atoms with E-state index in [2.05, 4.69) is 5.10 Å². The molecule has 2 N–H and O–H groups in total. The van der Waals surface area contributed by atoms with Crippen molar-refractivity contribution in [3.05, 3.63) is 76.9 Å². The molecule has 0 amide bonds. The average Bonchev–Trinajstić information content (AvgIpc) is 2.80. The smallest absolute Gasteiger partial charge is 0.210 e. The average molecular weight is 295 g/mol. The molecule has 0 bridgehead atoms. The van der Waals surface area contributed by atoms with E-state index in [1.807, 2.05) is 31.3 Å². The third-order valence-corrected chi connectivity index (χ3v) is 3.66. The molecule has 0 fully saturated rings. The number of halogens is 1. The van der Waals surface area contributed by atoms with Gasteiger partial charge in [0.15, 0.2) is 0 Å². The molecule has 4 nitrogen and oxygen atoms in total. The molecule has 22 heavy (non-hydrogen) atoms. The molecule has 0 atom stereocenters. The highest BCUT2D eigenvalue weighted by Crippen LogP contribution is 2.24. The summed E-state index contributed by atoms with van der Waals surface area (Å²) in [7, 11) is 0. The molecule has 2 aromatic heterocycles. The summed E-state index contributed by atoms with van der Waals surface area (Å²) in [6.07, 6.45) is 3.35. The minimum absolute atomic E-state index is 0.171. The first-order valence-corrected chi connectivity index (χ1v) is 6.76. The zero-order valence-corrected chi connectivity index (χ0v) is 12.0. The first kappa shape index (κ1) is 14.0. The Labute approximate surface area is 126 Å². The molecule has 2 heterocycles. The summed E-state index contributed by atoms with van der Waals surface area (Å²) in [5.41, 5.74) is 3.39. The Morgan fingerprint density at radius 2 is 1.95 bits per heavy atom. The van der Waals surface area contributed by atoms with Gasteiger partial charge in [0.1, 0.15) is 5.82 Å². The summed E-state index contributed by atoms with van der Waals surface area (Å²) < 4.78 is 14.8. The molecule has 3 aromatic rings. The van der Waals surface area contributed by atoms with E-state index in [0.717, 1.165) is 16.6 Å². The number of hydrazone groups is 1. The number of hydrogen-bond acceptors (Lipinski definition) is 3. The minimum Gasteiger partial charge on any atom is -0.323 e. The molecular formula is C17H14FN3O. The van der Waals surface area contributed by atoms with Crippen LogP contribution >= 0.6 is 0 Å². The summed E-state index contributed by atoms with van der Waals surface area (Å²) in [6, 6.07) is 11.1. The third kappa shape index (κ3) is 2.16. The summed E-state index contributed by atoms with van der Waals surface area (Å²) in [6.45, 7) is 1.85. The van der Waals surface area contributed by atoms with Gasteiger partial charge in [-0.3, -0.25) is 4.79 Å². The van der Waals surface area contributed by atoms with Crippen LogP contribution in [0.25, 0.3) is 5.52 Å². The third-order valence-electron chi connectivity index (χ3n) is 3.66. The monoisotopic (exact) mass is 295 g/mol. The van der Waals surface area contributed by atoms with Crippen LogP contribution in [0.2, 0.25) is 0 Å². The zero-order valence-electron chi connectivity index (χ0n) is 12.0. The molecule has 0 spiro atoms. The molecule has 0 aliphatic carbocycles. The van der Waals surface area contributed by atoms with E-state index in [4.69, 9.17) is 5.84 Å². The highest BCUT2D eigenvalue weighted by atomic mass is 19.1. The lowest BCUT2D eigenvalue weighted by Gasteiger charge is -2.04. The van der Waals surface area contributed by atoms with Crippen molar-refractivity contribution < 1.29 is 9.18 Å². The van der Waals surface area contributed by atoms with Crippen LogP contribution in [0.5, 0.6) is 0 Å². The molecular weight excluding hydrogens is 281 g/mol. The van der Waals surface area contributed by atoms with Gasteiger partial charge in [-0.05, 0) is 48.9 Å². The molecule has 0 aliphatic rings. The molecule has 1 aromatic carbocycles. The molecule has 5 heteroatoms. The van der Waals surface area contributed by atoms with Crippen molar-refractivity contribution in [1.29, 1.82) is 0 Å². The molecule has 0 aliphatic heterocycles. The van der Waals surface area contributed by atoms with Crippen molar-refractivity contribution >= 4 is 17.5 Å². The summed E-state index contributed by atoms with van der Waals surface area (Å²) >= 11 is 0. The number of hydrogen-bond donors (Lipinski definition) is 1. The number of rotatable bonds is 3. The molecule has 0 saturated heterocycles. The van der Waals surface area contributed by atoms with Crippen LogP contribution in [-0.2, 0) is 0 Å². The first-order valence-electron chi connectivity index (χ1n) is 6.76. The highest BCUT2D eigenvalue weighted by Gasteiger charge is 2.20. The van der Waals surface area contributed by atoms with Crippen molar-refractivity contribution in [2.75, 3.05) is 0 Å². The number of benzene rings is 1. The number of carbonyl (C=O) groups is 1. The second-order valence-corrected chi connectivity index (χ2v) is 4.96. The minimum atomic E-state index is -0.371. The van der Waals surface area contributed by atoms with Crippen LogP contribution in [0.4, 0.5) is 4.39 Å². The standard InChI is InChI=1S/C17H14FN3O/c1-11-14(10-20-19)15-4-2-3-9-21(15)16(11)17(22)12-5-7-13(18)8-6-12/h2-10H,19H2,1H3/b20-10-. The Balaban J connectivity index is 2.24. The van der Waals surface area contributed by atoms with Crippen LogP contribution in [0.3, 0.4) is 0 Å². The van der Waals surface area contributed by atoms with Gasteiger partial charge in [-0.25, -0.2) is 4.39 Å². The van der Waals surface area contributed by atoms with Gasteiger partial charge >= 0.3 is 0 Å². The van der Waals surface area contributed by atoms with E-state index < -0.39 is 0 Å². The second-order valence-electron chi connectivity index (χ2n) is 4.96. The van der Waals surface area contributed by atoms with Crippen LogP contribution in [0, 0.1) is 12.7 Å². The Morgan fingerprint density at radius 3 is 2.64 bits per heavy atom. The van der Waals surface area contributed by atoms with E-state index >= 15 is 0 Å². The number of nitrogens with two attached hydrogens (primary N) is 1. The van der Waals surface area contributed by atoms with E-state index in [1.165, 1.54) is 30.5 Å². The van der Waals surface area contributed by atoms with Crippen molar-refractivity contribution in [3.8, 4) is 0 Å². The number of fused-ring (bicyclic) bond motifs is 1. The van der Waals surface area contributed by atoms with Crippen molar-refractivity contribution in [2.45, 2.75) is 6.92 Å². The quantitative estimate of drug-likeness (QED) is 0.349. The normalized spacial score (nSPS) is 11.4. The predicted octanol–water partition coefficient (Wildman–Crippen LogP) is 2.91. The van der Waals surface area contributed by atoms with Gasteiger partial charge in [-0.1, -0.05) is 6.07 Å². The van der Waals surface area contributed by atoms with Crippen molar-refractivity contribution in [2.24, 2.45) is 10.9 Å². The van der Waals surface area contributed by atoms with Crippen molar-refractivity contribution in [3.63, 3.8) is 0 Å². The fourth-order valence-electron chi connectivity index (χ4n) is 2.61. The van der Waals surface area contributed by atoms with E-state index in [0.29, 0.717) is 11.3 Å². The lowest BCUT2D eigenvalue weighted by Crippen LogP contribution is -2.07. The largest absolute Gasteiger partial charge is 0.323 e. The van der Waals surface area contributed by atoms with Crippen LogP contribution < -0.4 is 5.84 Å².